The number of hydrogen-bond acceptors (Lipinski definition) is 1. The molecule has 3 aromatic rings. The average Bonchev–Trinajstić information content (AvgIpc) is 2.83. The van der Waals surface area contributed by atoms with Gasteiger partial charge in [0.05, 0.1) is 0 Å². The van der Waals surface area contributed by atoms with Gasteiger partial charge in [-0.3, -0.25) is 0 Å². The van der Waals surface area contributed by atoms with Crippen molar-refractivity contribution in [3.8, 4) is 16.9 Å². The molecule has 3 rings (SSSR count). The second kappa shape index (κ2) is 11.5. The highest BCUT2D eigenvalue weighted by Gasteiger charge is 2.46. The van der Waals surface area contributed by atoms with Crippen LogP contribution in [0.2, 0.25) is 0 Å². The Kier molecular flexibility index (Phi) is 9.15. The van der Waals surface area contributed by atoms with Gasteiger partial charge in [0, 0.05) is 5.56 Å². The van der Waals surface area contributed by atoms with E-state index in [0.717, 1.165) is 30.4 Å². The van der Waals surface area contributed by atoms with Crippen molar-refractivity contribution >= 4 is 0 Å². The van der Waals surface area contributed by atoms with E-state index in [9.17, 15) is 5.11 Å². The second-order valence-corrected chi connectivity index (χ2v) is 15.5. The van der Waals surface area contributed by atoms with Gasteiger partial charge in [-0.15, -0.1) is 0 Å². The number of phenolic OH excluding ortho intramolecular Hbond substituents is 1. The Labute approximate surface area is 240 Å². The van der Waals surface area contributed by atoms with Crippen LogP contribution in [0, 0.1) is 34.5 Å². The van der Waals surface area contributed by atoms with Crippen LogP contribution >= 0.6 is 0 Å². The van der Waals surface area contributed by atoms with E-state index < -0.39 is 0 Å². The van der Waals surface area contributed by atoms with E-state index in [1.165, 1.54) is 16.7 Å². The third kappa shape index (κ3) is 7.56. The summed E-state index contributed by atoms with van der Waals surface area (Å²) in [6, 6.07) is 25.7. The van der Waals surface area contributed by atoms with Crippen LogP contribution in [0.25, 0.3) is 11.1 Å². The summed E-state index contributed by atoms with van der Waals surface area (Å²) in [5.41, 5.74) is 6.68. The molecule has 2 unspecified atom stereocenters. The van der Waals surface area contributed by atoms with Gasteiger partial charge in [0.1, 0.15) is 5.75 Å². The lowest BCUT2D eigenvalue weighted by atomic mass is 9.53. The Morgan fingerprint density at radius 1 is 0.667 bits per heavy atom. The van der Waals surface area contributed by atoms with Crippen LogP contribution in [-0.4, -0.2) is 5.11 Å². The van der Waals surface area contributed by atoms with Crippen molar-refractivity contribution in [3.63, 3.8) is 0 Å². The van der Waals surface area contributed by atoms with Gasteiger partial charge in [-0.1, -0.05) is 136 Å². The largest absolute Gasteiger partial charge is 0.507 e. The summed E-state index contributed by atoms with van der Waals surface area (Å²) in [5.74, 6) is 1.33. The highest BCUT2D eigenvalue weighted by molar-refractivity contribution is 5.73. The van der Waals surface area contributed by atoms with Gasteiger partial charge in [-0.2, -0.15) is 0 Å². The fourth-order valence-corrected chi connectivity index (χ4v) is 6.19. The molecule has 1 N–H and O–H groups in total. The molecular weight excluding hydrogens is 472 g/mol. The number of phenols is 1. The van der Waals surface area contributed by atoms with Crippen molar-refractivity contribution in [2.45, 2.75) is 101 Å². The maximum Gasteiger partial charge on any atom is 0.123 e. The van der Waals surface area contributed by atoms with Crippen LogP contribution < -0.4 is 0 Å². The van der Waals surface area contributed by atoms with Crippen molar-refractivity contribution in [2.75, 3.05) is 0 Å². The molecule has 0 radical (unpaired) electrons. The Bertz CT molecular complexity index is 1220. The van der Waals surface area contributed by atoms with Crippen LogP contribution in [0.5, 0.6) is 5.75 Å². The first-order valence-corrected chi connectivity index (χ1v) is 14.9. The highest BCUT2D eigenvalue weighted by Crippen LogP contribution is 2.56. The number of rotatable bonds is 9. The van der Waals surface area contributed by atoms with Gasteiger partial charge in [0.15, 0.2) is 0 Å². The molecule has 0 aliphatic heterocycles. The Morgan fingerprint density at radius 2 is 1.26 bits per heavy atom. The van der Waals surface area contributed by atoms with E-state index in [1.807, 2.05) is 18.2 Å². The molecule has 3 aromatic carbocycles. The summed E-state index contributed by atoms with van der Waals surface area (Å²) in [5, 5.41) is 10.6. The predicted octanol–water partition coefficient (Wildman–Crippen LogP) is 11.2. The van der Waals surface area contributed by atoms with E-state index >= 15 is 0 Å². The Balaban J connectivity index is 1.97. The van der Waals surface area contributed by atoms with Crippen LogP contribution in [0.1, 0.15) is 105 Å². The van der Waals surface area contributed by atoms with Crippen molar-refractivity contribution < 1.29 is 5.11 Å². The molecule has 39 heavy (non-hydrogen) atoms. The zero-order valence-electron chi connectivity index (χ0n) is 26.7. The Hall–Kier alpha value is -2.54. The molecule has 0 aliphatic rings. The van der Waals surface area contributed by atoms with E-state index in [-0.39, 0.29) is 21.7 Å². The number of aromatic hydroxyl groups is 1. The summed E-state index contributed by atoms with van der Waals surface area (Å²) in [6.45, 7) is 26.5. The molecule has 2 atom stereocenters. The number of aryl methyl sites for hydroxylation is 1. The minimum atomic E-state index is 0.0966. The fraction of sp³-hybridized carbons (Fsp3) is 0.526. The van der Waals surface area contributed by atoms with E-state index in [0.29, 0.717) is 17.6 Å². The fourth-order valence-electron chi connectivity index (χ4n) is 6.19. The molecule has 0 saturated carbocycles. The molecular formula is C38H54O. The van der Waals surface area contributed by atoms with E-state index in [1.54, 1.807) is 6.07 Å². The first-order chi connectivity index (χ1) is 17.9. The van der Waals surface area contributed by atoms with E-state index in [4.69, 9.17) is 0 Å². The normalized spacial score (nSPS) is 14.7. The minimum absolute atomic E-state index is 0.0966. The molecule has 212 valence electrons. The van der Waals surface area contributed by atoms with Crippen LogP contribution in [0.4, 0.5) is 0 Å². The molecule has 0 amide bonds. The molecule has 1 nitrogen and oxygen atoms in total. The van der Waals surface area contributed by atoms with Crippen LogP contribution in [0.15, 0.2) is 72.8 Å². The molecule has 0 heterocycles. The van der Waals surface area contributed by atoms with E-state index in [2.05, 4.69) is 125 Å². The zero-order valence-corrected chi connectivity index (χ0v) is 26.7. The lowest BCUT2D eigenvalue weighted by molar-refractivity contribution is 0.0150. The summed E-state index contributed by atoms with van der Waals surface area (Å²) in [6.07, 6.45) is 3.34. The van der Waals surface area contributed by atoms with Gasteiger partial charge in [-0.25, -0.2) is 0 Å². The predicted molar refractivity (Wildman–Crippen MR) is 170 cm³/mol. The zero-order chi connectivity index (χ0) is 29.2. The van der Waals surface area contributed by atoms with Gasteiger partial charge in [-0.05, 0) is 88.0 Å². The maximum atomic E-state index is 10.6. The molecule has 0 aliphatic carbocycles. The minimum Gasteiger partial charge on any atom is -0.507 e. The molecule has 0 spiro atoms. The van der Waals surface area contributed by atoms with Crippen molar-refractivity contribution in [3.05, 3.63) is 89.5 Å². The number of benzene rings is 3. The first kappa shape index (κ1) is 31.0. The summed E-state index contributed by atoms with van der Waals surface area (Å²) < 4.78 is 0. The highest BCUT2D eigenvalue weighted by atomic mass is 16.3. The second-order valence-electron chi connectivity index (χ2n) is 15.5. The standard InChI is InChI=1S/C38H54O/c1-27-21-22-28(24-32(27)31-19-15-16-20-34(31)39)23-30(36(5,6)7)25-37(8,9)38(10,11)33(26-35(2,3)4)29-17-13-12-14-18-29/h12-22,24,30,33,39H,23,25-26H2,1-11H3. The first-order valence-electron chi connectivity index (χ1n) is 14.9. The van der Waals surface area contributed by atoms with Crippen LogP contribution in [0.3, 0.4) is 0 Å². The lowest BCUT2D eigenvalue weighted by Crippen LogP contribution is -2.42. The molecule has 0 bridgehead atoms. The topological polar surface area (TPSA) is 20.2 Å². The summed E-state index contributed by atoms with van der Waals surface area (Å²) in [7, 11) is 0. The Morgan fingerprint density at radius 3 is 1.82 bits per heavy atom. The number of para-hydroxylation sites is 1. The van der Waals surface area contributed by atoms with Gasteiger partial charge < -0.3 is 5.11 Å². The smallest absolute Gasteiger partial charge is 0.123 e. The third-order valence-electron chi connectivity index (χ3n) is 9.59. The molecule has 0 saturated heterocycles. The average molecular weight is 527 g/mol. The molecule has 0 aromatic heterocycles. The SMILES string of the molecule is Cc1ccc(CC(CC(C)(C)C(C)(C)C(CC(C)(C)C)c2ccccc2)C(C)(C)C)cc1-c1ccccc1O. The molecule has 1 heteroatoms. The quantitative estimate of drug-likeness (QED) is 0.294. The van der Waals surface area contributed by atoms with Gasteiger partial charge in [0.2, 0.25) is 0 Å². The van der Waals surface area contributed by atoms with Gasteiger partial charge in [0.25, 0.3) is 0 Å². The number of hydrogen-bond donors (Lipinski definition) is 1. The van der Waals surface area contributed by atoms with Crippen LogP contribution in [-0.2, 0) is 6.42 Å². The summed E-state index contributed by atoms with van der Waals surface area (Å²) in [4.78, 5) is 0. The van der Waals surface area contributed by atoms with Gasteiger partial charge >= 0.3 is 0 Å². The third-order valence-corrected chi connectivity index (χ3v) is 9.59. The molecule has 0 fully saturated rings. The van der Waals surface area contributed by atoms with Crippen molar-refractivity contribution in [2.24, 2.45) is 27.6 Å². The summed E-state index contributed by atoms with van der Waals surface area (Å²) >= 11 is 0. The monoisotopic (exact) mass is 526 g/mol. The van der Waals surface area contributed by atoms with Crippen molar-refractivity contribution in [1.29, 1.82) is 0 Å². The lowest BCUT2D eigenvalue weighted by Gasteiger charge is -2.51. The maximum absolute atomic E-state index is 10.6. The van der Waals surface area contributed by atoms with Crippen molar-refractivity contribution in [1.82, 2.24) is 0 Å².